The molecule has 0 aliphatic carbocycles. The normalized spacial score (nSPS) is 11.2. The van der Waals surface area contributed by atoms with E-state index < -0.39 is 11.9 Å². The number of nitrogens with zero attached hydrogens (tertiary/aromatic N) is 6. The second kappa shape index (κ2) is 11.4. The number of rotatable bonds is 6. The third-order valence-electron chi connectivity index (χ3n) is 7.63. The van der Waals surface area contributed by atoms with E-state index in [1.54, 1.807) is 60.7 Å². The summed E-state index contributed by atoms with van der Waals surface area (Å²) in [6, 6.07) is 33.4. The first-order valence-corrected chi connectivity index (χ1v) is 14.7. The zero-order valence-electron chi connectivity index (χ0n) is 24.8. The van der Waals surface area contributed by atoms with Crippen LogP contribution in [0.4, 0.5) is 0 Å². The van der Waals surface area contributed by atoms with E-state index in [0.717, 1.165) is 0 Å². The van der Waals surface area contributed by atoms with Gasteiger partial charge in [0.25, 0.3) is 0 Å². The number of fused-ring (bicyclic) bond motifs is 3. The van der Waals surface area contributed by atoms with Crippen LogP contribution in [0.2, 0.25) is 0 Å². The van der Waals surface area contributed by atoms with E-state index in [1.807, 2.05) is 48.5 Å². The molecule has 8 aromatic rings. The summed E-state index contributed by atoms with van der Waals surface area (Å²) in [7, 11) is 0. The van der Waals surface area contributed by atoms with E-state index in [-0.39, 0.29) is 34.1 Å². The largest absolute Gasteiger partial charge is 0.505 e. The monoisotopic (exact) mass is 634 g/mol. The summed E-state index contributed by atoms with van der Waals surface area (Å²) < 4.78 is 11.0. The molecule has 12 heteroatoms. The molecular weight excluding hydrogens is 612 g/mol. The maximum Gasteiger partial charge on any atom is 0.343 e. The van der Waals surface area contributed by atoms with Gasteiger partial charge in [0.2, 0.25) is 0 Å². The van der Waals surface area contributed by atoms with Crippen LogP contribution in [0.5, 0.6) is 23.0 Å². The Morgan fingerprint density at radius 1 is 0.479 bits per heavy atom. The molecule has 0 saturated carbocycles. The van der Waals surface area contributed by atoms with Crippen molar-refractivity contribution in [3.63, 3.8) is 0 Å². The fourth-order valence-corrected chi connectivity index (χ4v) is 5.24. The highest BCUT2D eigenvalue weighted by molar-refractivity contribution is 6.00. The smallest absolute Gasteiger partial charge is 0.343 e. The van der Waals surface area contributed by atoms with Gasteiger partial charge in [-0.3, -0.25) is 0 Å². The van der Waals surface area contributed by atoms with Crippen molar-refractivity contribution in [3.8, 4) is 34.4 Å². The van der Waals surface area contributed by atoms with Crippen LogP contribution in [0, 0.1) is 0 Å². The Hall–Kier alpha value is -7.08. The third-order valence-corrected chi connectivity index (χ3v) is 7.63. The SMILES string of the molecule is O=C(Oc1ccc(-n2nc3ccccc3n2)c(O)c1)c1ccc2cc(C(=O)Oc3ccc(-n4nc5ccccc5n4)c(O)c3)ccc2c1. The fourth-order valence-electron chi connectivity index (χ4n) is 5.24. The van der Waals surface area contributed by atoms with Gasteiger partial charge < -0.3 is 19.7 Å². The summed E-state index contributed by atoms with van der Waals surface area (Å²) >= 11 is 0. The van der Waals surface area contributed by atoms with E-state index in [0.29, 0.717) is 44.2 Å². The number of ether oxygens (including phenoxy) is 2. The Balaban J connectivity index is 0.951. The second-order valence-corrected chi connectivity index (χ2v) is 10.8. The average molecular weight is 635 g/mol. The molecule has 8 rings (SSSR count). The van der Waals surface area contributed by atoms with Crippen LogP contribution >= 0.6 is 0 Å². The molecule has 0 radical (unpaired) electrons. The molecule has 0 atom stereocenters. The Morgan fingerprint density at radius 2 is 0.854 bits per heavy atom. The van der Waals surface area contributed by atoms with Gasteiger partial charge in [-0.25, -0.2) is 9.59 Å². The minimum absolute atomic E-state index is 0.143. The number of aromatic nitrogens is 6. The summed E-state index contributed by atoms with van der Waals surface area (Å²) in [4.78, 5) is 28.6. The first-order valence-electron chi connectivity index (χ1n) is 14.7. The van der Waals surface area contributed by atoms with Gasteiger partial charge in [-0.2, -0.15) is 0 Å². The van der Waals surface area contributed by atoms with Crippen molar-refractivity contribution in [3.05, 3.63) is 132 Å². The molecule has 2 heterocycles. The molecule has 0 amide bonds. The van der Waals surface area contributed by atoms with E-state index in [9.17, 15) is 19.8 Å². The van der Waals surface area contributed by atoms with Crippen LogP contribution in [-0.2, 0) is 0 Å². The number of phenolic OH excluding ortho intramolecular Hbond substituents is 2. The van der Waals surface area contributed by atoms with E-state index >= 15 is 0 Å². The van der Waals surface area contributed by atoms with E-state index in [4.69, 9.17) is 9.47 Å². The number of carbonyl (C=O) groups excluding carboxylic acids is 2. The molecule has 0 saturated heterocycles. The van der Waals surface area contributed by atoms with Crippen molar-refractivity contribution in [2.75, 3.05) is 0 Å². The van der Waals surface area contributed by atoms with Gasteiger partial charge in [-0.1, -0.05) is 36.4 Å². The van der Waals surface area contributed by atoms with Gasteiger partial charge in [0.1, 0.15) is 56.4 Å². The van der Waals surface area contributed by atoms with Crippen LogP contribution in [0.25, 0.3) is 44.2 Å². The molecular formula is C36H22N6O6. The molecule has 0 spiro atoms. The highest BCUT2D eigenvalue weighted by Gasteiger charge is 2.16. The predicted octanol–water partition coefficient (Wildman–Crippen LogP) is 6.16. The van der Waals surface area contributed by atoms with Crippen molar-refractivity contribution in [1.29, 1.82) is 0 Å². The molecule has 0 unspecified atom stereocenters. The fraction of sp³-hybridized carbons (Fsp3) is 0. The Morgan fingerprint density at radius 3 is 1.21 bits per heavy atom. The van der Waals surface area contributed by atoms with Crippen LogP contribution in [0.1, 0.15) is 20.7 Å². The van der Waals surface area contributed by atoms with Gasteiger partial charge in [0.05, 0.1) is 11.1 Å². The lowest BCUT2D eigenvalue weighted by Crippen LogP contribution is -2.10. The van der Waals surface area contributed by atoms with E-state index in [2.05, 4.69) is 20.4 Å². The van der Waals surface area contributed by atoms with E-state index in [1.165, 1.54) is 21.7 Å². The number of phenols is 2. The predicted molar refractivity (Wildman–Crippen MR) is 175 cm³/mol. The highest BCUT2D eigenvalue weighted by Crippen LogP contribution is 2.29. The maximum atomic E-state index is 13.0. The number of aromatic hydroxyl groups is 2. The summed E-state index contributed by atoms with van der Waals surface area (Å²) in [5.41, 5.74) is 3.93. The molecule has 0 aliphatic heterocycles. The van der Waals surface area contributed by atoms with Gasteiger partial charge in [0, 0.05) is 12.1 Å². The van der Waals surface area contributed by atoms with Crippen molar-refractivity contribution in [1.82, 2.24) is 30.0 Å². The molecule has 2 N–H and O–H groups in total. The van der Waals surface area contributed by atoms with Crippen LogP contribution in [0.3, 0.4) is 0 Å². The highest BCUT2D eigenvalue weighted by atomic mass is 16.5. The Labute approximate surface area is 270 Å². The van der Waals surface area contributed by atoms with Crippen LogP contribution in [-0.4, -0.2) is 52.1 Å². The summed E-state index contributed by atoms with van der Waals surface area (Å²) in [6.07, 6.45) is 0. The molecule has 48 heavy (non-hydrogen) atoms. The zero-order chi connectivity index (χ0) is 32.8. The quantitative estimate of drug-likeness (QED) is 0.161. The Bertz CT molecular complexity index is 2310. The topological polar surface area (TPSA) is 154 Å². The number of hydrogen-bond donors (Lipinski definition) is 2. The number of benzene rings is 6. The first-order chi connectivity index (χ1) is 23.4. The molecule has 6 aromatic carbocycles. The van der Waals surface area contributed by atoms with Crippen molar-refractivity contribution in [2.45, 2.75) is 0 Å². The molecule has 232 valence electrons. The van der Waals surface area contributed by atoms with Crippen molar-refractivity contribution >= 4 is 44.8 Å². The lowest BCUT2D eigenvalue weighted by molar-refractivity contribution is 0.0724. The Kier molecular flexibility index (Phi) is 6.73. The molecule has 12 nitrogen and oxygen atoms in total. The van der Waals surface area contributed by atoms with Gasteiger partial charge in [-0.05, 0) is 83.6 Å². The minimum Gasteiger partial charge on any atom is -0.505 e. The van der Waals surface area contributed by atoms with Gasteiger partial charge in [0.15, 0.2) is 0 Å². The zero-order valence-corrected chi connectivity index (χ0v) is 24.8. The van der Waals surface area contributed by atoms with Crippen LogP contribution in [0.15, 0.2) is 121 Å². The third kappa shape index (κ3) is 5.28. The molecule has 0 fully saturated rings. The summed E-state index contributed by atoms with van der Waals surface area (Å²) in [6.45, 7) is 0. The van der Waals surface area contributed by atoms with Gasteiger partial charge >= 0.3 is 11.9 Å². The minimum atomic E-state index is -0.628. The van der Waals surface area contributed by atoms with Crippen molar-refractivity contribution < 1.29 is 29.3 Å². The maximum absolute atomic E-state index is 13.0. The van der Waals surface area contributed by atoms with Crippen LogP contribution < -0.4 is 9.47 Å². The number of esters is 2. The lowest BCUT2D eigenvalue weighted by atomic mass is 10.0. The summed E-state index contributed by atoms with van der Waals surface area (Å²) in [5, 5.41) is 40.1. The molecule has 0 bridgehead atoms. The first kappa shape index (κ1) is 28.4. The number of hydrogen-bond acceptors (Lipinski definition) is 10. The second-order valence-electron chi connectivity index (χ2n) is 10.8. The average Bonchev–Trinajstić information content (AvgIpc) is 3.72. The standard InChI is InChI=1S/C36H22N6O6/c43-33-19-25(13-15-31(33)41-37-27-5-1-2-6-28(27)38-41)47-35(45)23-11-9-22-18-24(12-10-21(22)17-23)36(46)48-26-14-16-32(34(44)20-26)42-39-29-7-3-4-8-30(29)40-42/h1-20,43-44H. The lowest BCUT2D eigenvalue weighted by Gasteiger charge is -2.09. The molecule has 0 aliphatic rings. The van der Waals surface area contributed by atoms with Crippen molar-refractivity contribution in [2.24, 2.45) is 0 Å². The number of carbonyl (C=O) groups is 2. The summed E-state index contributed by atoms with van der Waals surface area (Å²) in [5.74, 6) is -1.29. The molecule has 2 aromatic heterocycles. The van der Waals surface area contributed by atoms with Gasteiger partial charge in [-0.15, -0.1) is 30.0 Å².